The maximum absolute atomic E-state index is 11.5. The Morgan fingerprint density at radius 3 is 1.74 bits per heavy atom. The summed E-state index contributed by atoms with van der Waals surface area (Å²) < 4.78 is 10.8. The van der Waals surface area contributed by atoms with Crippen LogP contribution in [-0.2, 0) is 19.1 Å². The van der Waals surface area contributed by atoms with Gasteiger partial charge in [0.25, 0.3) is 0 Å². The Hall–Kier alpha value is -1.14. The molecular weight excluding hydrogens is 248 g/mol. The van der Waals surface area contributed by atoms with Crippen LogP contribution in [0, 0.1) is 0 Å². The molecular formula is C13H22N2O4. The summed E-state index contributed by atoms with van der Waals surface area (Å²) in [5.74, 6) is -0.499. The van der Waals surface area contributed by atoms with Gasteiger partial charge in [-0.2, -0.15) is 0 Å². The molecule has 0 aliphatic carbocycles. The Labute approximate surface area is 113 Å². The highest BCUT2D eigenvalue weighted by Gasteiger charge is 2.19. The predicted molar refractivity (Wildman–Crippen MR) is 68.6 cm³/mol. The SMILES string of the molecule is O=C(CC(=O)NCC1CCCO1)NCC1CCCO1. The van der Waals surface area contributed by atoms with Crippen molar-refractivity contribution in [2.75, 3.05) is 26.3 Å². The van der Waals surface area contributed by atoms with Crippen LogP contribution in [0.2, 0.25) is 0 Å². The van der Waals surface area contributed by atoms with E-state index in [0.29, 0.717) is 13.1 Å². The lowest BCUT2D eigenvalue weighted by Gasteiger charge is -2.12. The molecule has 108 valence electrons. The molecule has 2 heterocycles. The summed E-state index contributed by atoms with van der Waals surface area (Å²) in [5, 5.41) is 5.45. The molecule has 0 aromatic rings. The van der Waals surface area contributed by atoms with Crippen molar-refractivity contribution in [1.29, 1.82) is 0 Å². The van der Waals surface area contributed by atoms with Crippen molar-refractivity contribution in [1.82, 2.24) is 10.6 Å². The van der Waals surface area contributed by atoms with Crippen LogP contribution in [-0.4, -0.2) is 50.3 Å². The first-order chi connectivity index (χ1) is 9.24. The Morgan fingerprint density at radius 2 is 1.37 bits per heavy atom. The molecule has 2 rings (SSSR count). The zero-order chi connectivity index (χ0) is 13.5. The van der Waals surface area contributed by atoms with Crippen molar-refractivity contribution in [3.8, 4) is 0 Å². The lowest BCUT2D eigenvalue weighted by molar-refractivity contribution is -0.129. The smallest absolute Gasteiger partial charge is 0.229 e. The number of nitrogens with one attached hydrogen (secondary N) is 2. The van der Waals surface area contributed by atoms with Gasteiger partial charge in [0.1, 0.15) is 6.42 Å². The van der Waals surface area contributed by atoms with Gasteiger partial charge >= 0.3 is 0 Å². The number of amides is 2. The molecule has 0 spiro atoms. The van der Waals surface area contributed by atoms with Crippen molar-refractivity contribution in [2.24, 2.45) is 0 Å². The maximum Gasteiger partial charge on any atom is 0.229 e. The molecule has 2 aliphatic rings. The molecule has 0 saturated carbocycles. The third-order valence-electron chi connectivity index (χ3n) is 3.42. The molecule has 2 N–H and O–H groups in total. The fourth-order valence-electron chi connectivity index (χ4n) is 2.34. The largest absolute Gasteiger partial charge is 0.376 e. The van der Waals surface area contributed by atoms with Gasteiger partial charge < -0.3 is 20.1 Å². The predicted octanol–water partition coefficient (Wildman–Crippen LogP) is -0.0331. The average molecular weight is 270 g/mol. The van der Waals surface area contributed by atoms with E-state index in [1.165, 1.54) is 0 Å². The number of carbonyl (C=O) groups is 2. The van der Waals surface area contributed by atoms with Crippen molar-refractivity contribution in [3.05, 3.63) is 0 Å². The fraction of sp³-hybridized carbons (Fsp3) is 0.846. The van der Waals surface area contributed by atoms with Gasteiger partial charge in [-0.1, -0.05) is 0 Å². The molecule has 2 saturated heterocycles. The molecule has 0 aromatic heterocycles. The van der Waals surface area contributed by atoms with Crippen LogP contribution in [0.5, 0.6) is 0 Å². The molecule has 2 amide bonds. The summed E-state index contributed by atoms with van der Waals surface area (Å²) in [6.07, 6.45) is 4.14. The van der Waals surface area contributed by atoms with Crippen LogP contribution in [0.25, 0.3) is 0 Å². The van der Waals surface area contributed by atoms with Crippen LogP contribution in [0.4, 0.5) is 0 Å². The minimum absolute atomic E-state index is 0.110. The lowest BCUT2D eigenvalue weighted by atomic mass is 10.2. The quantitative estimate of drug-likeness (QED) is 0.664. The highest BCUT2D eigenvalue weighted by molar-refractivity contribution is 5.96. The first-order valence-electron chi connectivity index (χ1n) is 7.00. The van der Waals surface area contributed by atoms with Crippen molar-refractivity contribution >= 4 is 11.8 Å². The van der Waals surface area contributed by atoms with Gasteiger partial charge in [0, 0.05) is 26.3 Å². The van der Waals surface area contributed by atoms with E-state index in [1.807, 2.05) is 0 Å². The molecule has 2 aliphatic heterocycles. The van der Waals surface area contributed by atoms with Crippen LogP contribution >= 0.6 is 0 Å². The van der Waals surface area contributed by atoms with E-state index in [4.69, 9.17) is 9.47 Å². The van der Waals surface area contributed by atoms with Gasteiger partial charge in [0.05, 0.1) is 12.2 Å². The van der Waals surface area contributed by atoms with Gasteiger partial charge in [-0.3, -0.25) is 9.59 Å². The van der Waals surface area contributed by atoms with E-state index in [1.54, 1.807) is 0 Å². The normalized spacial score (nSPS) is 26.3. The van der Waals surface area contributed by atoms with E-state index in [9.17, 15) is 9.59 Å². The fourth-order valence-corrected chi connectivity index (χ4v) is 2.34. The molecule has 2 fully saturated rings. The average Bonchev–Trinajstić information content (AvgIpc) is 3.07. The third kappa shape index (κ3) is 5.16. The Bertz CT molecular complexity index is 280. The molecule has 0 bridgehead atoms. The van der Waals surface area contributed by atoms with E-state index in [-0.39, 0.29) is 30.4 Å². The minimum Gasteiger partial charge on any atom is -0.376 e. The molecule has 2 unspecified atom stereocenters. The zero-order valence-electron chi connectivity index (χ0n) is 11.2. The first-order valence-corrected chi connectivity index (χ1v) is 7.00. The molecule has 6 heteroatoms. The zero-order valence-corrected chi connectivity index (χ0v) is 11.2. The van der Waals surface area contributed by atoms with Crippen molar-refractivity contribution in [2.45, 2.75) is 44.3 Å². The second-order valence-electron chi connectivity index (χ2n) is 5.05. The van der Waals surface area contributed by atoms with Crippen molar-refractivity contribution in [3.63, 3.8) is 0 Å². The molecule has 19 heavy (non-hydrogen) atoms. The van der Waals surface area contributed by atoms with Crippen LogP contribution in [0.1, 0.15) is 32.1 Å². The summed E-state index contributed by atoms with van der Waals surface area (Å²) in [5.41, 5.74) is 0. The number of hydrogen-bond acceptors (Lipinski definition) is 4. The summed E-state index contributed by atoms with van der Waals surface area (Å²) >= 11 is 0. The number of hydrogen-bond donors (Lipinski definition) is 2. The lowest BCUT2D eigenvalue weighted by Crippen LogP contribution is -2.37. The van der Waals surface area contributed by atoms with E-state index in [0.717, 1.165) is 38.9 Å². The van der Waals surface area contributed by atoms with E-state index < -0.39 is 0 Å². The Morgan fingerprint density at radius 1 is 0.895 bits per heavy atom. The number of rotatable bonds is 6. The minimum atomic E-state index is -0.250. The molecule has 0 aromatic carbocycles. The number of ether oxygens (including phenoxy) is 2. The van der Waals surface area contributed by atoms with E-state index >= 15 is 0 Å². The van der Waals surface area contributed by atoms with Crippen LogP contribution < -0.4 is 10.6 Å². The molecule has 0 radical (unpaired) electrons. The standard InChI is InChI=1S/C13H22N2O4/c16-12(14-8-10-3-1-5-18-10)7-13(17)15-9-11-4-2-6-19-11/h10-11H,1-9H2,(H,14,16)(H,15,17). The van der Waals surface area contributed by atoms with E-state index in [2.05, 4.69) is 10.6 Å². The van der Waals surface area contributed by atoms with Gasteiger partial charge in [0.2, 0.25) is 11.8 Å². The second-order valence-corrected chi connectivity index (χ2v) is 5.05. The van der Waals surface area contributed by atoms with Gasteiger partial charge in [0.15, 0.2) is 0 Å². The highest BCUT2D eigenvalue weighted by Crippen LogP contribution is 2.11. The highest BCUT2D eigenvalue weighted by atomic mass is 16.5. The maximum atomic E-state index is 11.5. The summed E-state index contributed by atoms with van der Waals surface area (Å²) in [6.45, 7) is 2.53. The monoisotopic (exact) mass is 270 g/mol. The first kappa shape index (κ1) is 14.3. The van der Waals surface area contributed by atoms with Crippen LogP contribution in [0.3, 0.4) is 0 Å². The van der Waals surface area contributed by atoms with Gasteiger partial charge in [-0.15, -0.1) is 0 Å². The Balaban J connectivity index is 1.54. The Kier molecular flexibility index (Phi) is 5.60. The molecule has 2 atom stereocenters. The third-order valence-corrected chi connectivity index (χ3v) is 3.42. The summed E-state index contributed by atoms with van der Waals surface area (Å²) in [7, 11) is 0. The summed E-state index contributed by atoms with van der Waals surface area (Å²) in [4.78, 5) is 23.1. The van der Waals surface area contributed by atoms with Crippen molar-refractivity contribution < 1.29 is 19.1 Å². The van der Waals surface area contributed by atoms with Gasteiger partial charge in [-0.25, -0.2) is 0 Å². The second kappa shape index (κ2) is 7.45. The topological polar surface area (TPSA) is 76.7 Å². The number of carbonyl (C=O) groups excluding carboxylic acids is 2. The van der Waals surface area contributed by atoms with Crippen LogP contribution in [0.15, 0.2) is 0 Å². The summed E-state index contributed by atoms with van der Waals surface area (Å²) in [6, 6.07) is 0. The molecule has 6 nitrogen and oxygen atoms in total. The van der Waals surface area contributed by atoms with Gasteiger partial charge in [-0.05, 0) is 25.7 Å².